The van der Waals surface area contributed by atoms with E-state index in [1.807, 2.05) is 0 Å². The largest absolute Gasteiger partial charge is 0.805 e. The van der Waals surface area contributed by atoms with E-state index < -0.39 is 0 Å². The summed E-state index contributed by atoms with van der Waals surface area (Å²) in [6.07, 6.45) is -0.0254. The number of para-hydroxylation sites is 2. The van der Waals surface area contributed by atoms with E-state index in [1.54, 1.807) is 31.2 Å². The Morgan fingerprint density at radius 3 is 2.71 bits per heavy atom. The molecule has 0 bridgehead atoms. The van der Waals surface area contributed by atoms with Crippen LogP contribution in [0.1, 0.15) is 18.3 Å². The molecule has 0 radical (unpaired) electrons. The van der Waals surface area contributed by atoms with Gasteiger partial charge in [-0.2, -0.15) is 0 Å². The molecule has 0 spiro atoms. The lowest BCUT2D eigenvalue weighted by molar-refractivity contribution is -0.475. The van der Waals surface area contributed by atoms with Crippen molar-refractivity contribution in [1.82, 2.24) is 4.73 Å². The zero-order valence-electron chi connectivity index (χ0n) is 9.64. The van der Waals surface area contributed by atoms with Crippen LogP contribution in [-0.2, 0) is 11.2 Å². The highest BCUT2D eigenvalue weighted by atomic mass is 16.5. The van der Waals surface area contributed by atoms with Gasteiger partial charge in [0.05, 0.1) is 16.5 Å². The second-order valence-electron chi connectivity index (χ2n) is 3.99. The molecule has 0 amide bonds. The molecule has 0 atom stereocenters. The molecule has 0 fully saturated rings. The Labute approximate surface area is 97.5 Å². The van der Waals surface area contributed by atoms with Crippen LogP contribution in [0.15, 0.2) is 24.3 Å². The van der Waals surface area contributed by atoms with Gasteiger partial charge in [-0.1, -0.05) is 12.1 Å². The van der Waals surface area contributed by atoms with Crippen molar-refractivity contribution in [2.75, 3.05) is 0 Å². The summed E-state index contributed by atoms with van der Waals surface area (Å²) in [5, 5.41) is 11.9. The van der Waals surface area contributed by atoms with Gasteiger partial charge in [0, 0.05) is 11.0 Å². The van der Waals surface area contributed by atoms with E-state index in [2.05, 4.69) is 0 Å². The van der Waals surface area contributed by atoms with E-state index in [1.165, 1.54) is 6.92 Å². The van der Waals surface area contributed by atoms with Crippen LogP contribution in [-0.4, -0.2) is 10.5 Å². The fraction of sp³-hybridized carbons (Fsp3) is 0.250. The Bertz CT molecular complexity index is 659. The minimum atomic E-state index is -0.145. The number of fused-ring (bicyclic) bond motifs is 1. The fourth-order valence-electron chi connectivity index (χ4n) is 1.83. The first kappa shape index (κ1) is 11.3. The number of carbonyl (C=O) groups is 1. The topological polar surface area (TPSA) is 68.0 Å². The van der Waals surface area contributed by atoms with Crippen molar-refractivity contribution in [3.8, 4) is 0 Å². The number of hydrogen-bond donors (Lipinski definition) is 0. The first-order valence-corrected chi connectivity index (χ1v) is 5.25. The molecule has 0 N–H and O–H groups in total. The number of nitrogens with zero attached hydrogens (tertiary/aromatic N) is 2. The van der Waals surface area contributed by atoms with Crippen molar-refractivity contribution < 1.29 is 9.22 Å². The van der Waals surface area contributed by atoms with Gasteiger partial charge in [-0.25, -0.2) is 0 Å². The smallest absolute Gasteiger partial charge is 0.286 e. The number of benzene rings is 1. The fourth-order valence-corrected chi connectivity index (χ4v) is 1.83. The maximum Gasteiger partial charge on any atom is 0.286 e. The number of Topliss-reactive ketones (excluding diaryl/α,β-unsaturated/α-hetero) is 1. The van der Waals surface area contributed by atoms with Crippen molar-refractivity contribution in [3.05, 3.63) is 45.8 Å². The zero-order valence-corrected chi connectivity index (χ0v) is 9.64. The van der Waals surface area contributed by atoms with Crippen molar-refractivity contribution in [2.45, 2.75) is 20.3 Å². The summed E-state index contributed by atoms with van der Waals surface area (Å²) in [6, 6.07) is 6.53. The molecule has 5 heteroatoms. The first-order chi connectivity index (χ1) is 8.02. The Hall–Kier alpha value is -2.17. The van der Waals surface area contributed by atoms with Crippen LogP contribution in [0.2, 0.25) is 0 Å². The normalized spacial score (nSPS) is 10.7. The number of carbonyl (C=O) groups excluding carboxylic acids is 1. The molecule has 88 valence electrons. The number of aromatic nitrogens is 2. The van der Waals surface area contributed by atoms with Crippen molar-refractivity contribution in [3.63, 3.8) is 0 Å². The highest BCUT2D eigenvalue weighted by Gasteiger charge is 2.20. The molecule has 1 aromatic heterocycles. The van der Waals surface area contributed by atoms with Gasteiger partial charge in [-0.05, 0) is 19.9 Å². The van der Waals surface area contributed by atoms with Gasteiger partial charge in [0.25, 0.3) is 11.2 Å². The highest BCUT2D eigenvalue weighted by Crippen LogP contribution is 2.13. The Morgan fingerprint density at radius 1 is 1.41 bits per heavy atom. The number of hydrogen-bond acceptors (Lipinski definition) is 3. The van der Waals surface area contributed by atoms with E-state index in [0.717, 1.165) is 0 Å². The second kappa shape index (κ2) is 4.01. The van der Waals surface area contributed by atoms with Crippen LogP contribution in [0.3, 0.4) is 0 Å². The average molecular weight is 232 g/mol. The van der Waals surface area contributed by atoms with Crippen molar-refractivity contribution in [2.24, 2.45) is 0 Å². The maximum atomic E-state index is 12.0. The third kappa shape index (κ3) is 1.80. The molecule has 1 heterocycles. The second-order valence-corrected chi connectivity index (χ2v) is 3.99. The molecule has 0 saturated heterocycles. The van der Waals surface area contributed by atoms with Gasteiger partial charge in [0.15, 0.2) is 0 Å². The summed E-state index contributed by atoms with van der Waals surface area (Å²) in [7, 11) is 0. The molecule has 0 saturated carbocycles. The molecule has 5 nitrogen and oxygen atoms in total. The minimum Gasteiger partial charge on any atom is -0.805 e. The monoisotopic (exact) mass is 232 g/mol. The molecular formula is C12H12N2O3. The van der Waals surface area contributed by atoms with Crippen LogP contribution < -0.4 is 4.43 Å². The lowest BCUT2D eigenvalue weighted by Crippen LogP contribution is -2.28. The molecule has 17 heavy (non-hydrogen) atoms. The third-order valence-electron chi connectivity index (χ3n) is 2.70. The third-order valence-corrected chi connectivity index (χ3v) is 2.70. The van der Waals surface area contributed by atoms with Crippen LogP contribution in [0.5, 0.6) is 0 Å². The maximum absolute atomic E-state index is 12.0. The lowest BCUT2D eigenvalue weighted by atomic mass is 10.2. The summed E-state index contributed by atoms with van der Waals surface area (Å²) in [5.41, 5.74) is 1.08. The van der Waals surface area contributed by atoms with Gasteiger partial charge < -0.3 is 9.94 Å². The first-order valence-electron chi connectivity index (χ1n) is 5.25. The van der Waals surface area contributed by atoms with E-state index in [0.29, 0.717) is 14.7 Å². The molecule has 1 aromatic carbocycles. The van der Waals surface area contributed by atoms with Gasteiger partial charge in [0.1, 0.15) is 11.3 Å². The lowest BCUT2D eigenvalue weighted by Gasteiger charge is -2.15. The Morgan fingerprint density at radius 2 is 2.06 bits per heavy atom. The van der Waals surface area contributed by atoms with Gasteiger partial charge in [0.2, 0.25) is 0 Å². The van der Waals surface area contributed by atoms with Crippen LogP contribution >= 0.6 is 0 Å². The van der Waals surface area contributed by atoms with Crippen LogP contribution in [0.25, 0.3) is 11.0 Å². The van der Waals surface area contributed by atoms with E-state index in [9.17, 15) is 14.9 Å². The molecular weight excluding hydrogens is 220 g/mol. The van der Waals surface area contributed by atoms with Gasteiger partial charge in [-0.15, -0.1) is 0 Å². The molecule has 2 rings (SSSR count). The minimum absolute atomic E-state index is 0.0254. The van der Waals surface area contributed by atoms with Crippen LogP contribution in [0.4, 0.5) is 0 Å². The summed E-state index contributed by atoms with van der Waals surface area (Å²) in [4.78, 5) is 23.2. The quantitative estimate of drug-likeness (QED) is 0.734. The van der Waals surface area contributed by atoms with E-state index in [4.69, 9.17) is 0 Å². The van der Waals surface area contributed by atoms with Crippen LogP contribution in [0, 0.1) is 17.0 Å². The highest BCUT2D eigenvalue weighted by molar-refractivity contribution is 5.78. The molecule has 0 unspecified atom stereocenters. The van der Waals surface area contributed by atoms with Gasteiger partial charge >= 0.3 is 0 Å². The van der Waals surface area contributed by atoms with Crippen molar-refractivity contribution in [1.29, 1.82) is 0 Å². The predicted octanol–water partition coefficient (Wildman–Crippen LogP) is 1.34. The Balaban J connectivity index is 2.86. The summed E-state index contributed by atoms with van der Waals surface area (Å²) in [5.74, 6) is -0.145. The summed E-state index contributed by atoms with van der Waals surface area (Å²) < 4.78 is 1.36. The van der Waals surface area contributed by atoms with Crippen molar-refractivity contribution >= 4 is 16.8 Å². The van der Waals surface area contributed by atoms with E-state index >= 15 is 0 Å². The molecule has 0 aliphatic carbocycles. The summed E-state index contributed by atoms with van der Waals surface area (Å²) in [6.45, 7) is 2.94. The van der Waals surface area contributed by atoms with E-state index in [-0.39, 0.29) is 29.1 Å². The predicted molar refractivity (Wildman–Crippen MR) is 63.2 cm³/mol. The Kier molecular flexibility index (Phi) is 2.67. The SMILES string of the molecule is CC(=O)Cc1c(C)n([O-])c2ccccc2[n+]1=O. The molecule has 2 aromatic rings. The summed E-state index contributed by atoms with van der Waals surface area (Å²) >= 11 is 0. The van der Waals surface area contributed by atoms with Gasteiger partial charge in [-0.3, -0.25) is 4.79 Å². The zero-order chi connectivity index (χ0) is 12.6. The standard InChI is InChI=1S/C12H12N2O3/c1-8(15)7-12-9(2)13(16)10-5-3-4-6-11(10)14(12)17/h3-6H,7H2,1-2H3. The number of rotatable bonds is 2. The average Bonchev–Trinajstić information content (AvgIpc) is 2.31. The number of ketones is 1. The molecule has 0 aliphatic heterocycles. The molecule has 0 aliphatic rings.